The molecule has 0 saturated heterocycles. The van der Waals surface area contributed by atoms with Crippen molar-refractivity contribution in [3.05, 3.63) is 73.9 Å². The normalized spacial score (nSPS) is 11.0. The molecule has 22 heavy (non-hydrogen) atoms. The second-order valence-electron chi connectivity index (χ2n) is 5.23. The van der Waals surface area contributed by atoms with Crippen molar-refractivity contribution in [2.75, 3.05) is 0 Å². The molecule has 0 N–H and O–H groups in total. The Morgan fingerprint density at radius 2 is 1.86 bits per heavy atom. The van der Waals surface area contributed by atoms with Crippen molar-refractivity contribution in [1.82, 2.24) is 14.0 Å². The van der Waals surface area contributed by atoms with Crippen LogP contribution in [0.3, 0.4) is 0 Å². The summed E-state index contributed by atoms with van der Waals surface area (Å²) >= 11 is 0. The van der Waals surface area contributed by atoms with E-state index >= 15 is 0 Å². The van der Waals surface area contributed by atoms with E-state index in [1.165, 1.54) is 10.6 Å². The third-order valence-electron chi connectivity index (χ3n) is 3.56. The van der Waals surface area contributed by atoms with Gasteiger partial charge in [-0.3, -0.25) is 9.20 Å². The zero-order chi connectivity index (χ0) is 15.9. The molecule has 2 heterocycles. The number of aryl methyl sites for hydroxylation is 2. The van der Waals surface area contributed by atoms with E-state index in [-0.39, 0.29) is 17.0 Å². The maximum atomic E-state index is 12.5. The second kappa shape index (κ2) is 5.10. The van der Waals surface area contributed by atoms with Crippen molar-refractivity contribution in [3.63, 3.8) is 0 Å². The van der Waals surface area contributed by atoms with Gasteiger partial charge in [0.05, 0.1) is 6.54 Å². The molecule has 7 nitrogen and oxygen atoms in total. The third kappa shape index (κ3) is 2.37. The Morgan fingerprint density at radius 1 is 1.18 bits per heavy atom. The van der Waals surface area contributed by atoms with Crippen LogP contribution in [0.4, 0.5) is 5.82 Å². The predicted octanol–water partition coefficient (Wildman–Crippen LogP) is 2.07. The predicted molar refractivity (Wildman–Crippen MR) is 81.1 cm³/mol. The number of aromatic nitrogens is 3. The van der Waals surface area contributed by atoms with Crippen LogP contribution in [-0.2, 0) is 6.54 Å². The van der Waals surface area contributed by atoms with Gasteiger partial charge in [-0.1, -0.05) is 29.8 Å². The zero-order valence-electron chi connectivity index (χ0n) is 12.2. The Labute approximate surface area is 125 Å². The van der Waals surface area contributed by atoms with Crippen LogP contribution < -0.4 is 5.56 Å². The first-order valence-electron chi connectivity index (χ1n) is 6.75. The molecular formula is C15H14N4O3. The molecule has 2 aromatic heterocycles. The summed E-state index contributed by atoms with van der Waals surface area (Å²) in [5.41, 5.74) is 2.57. The molecule has 0 aliphatic heterocycles. The van der Waals surface area contributed by atoms with Gasteiger partial charge in [0.1, 0.15) is 6.20 Å². The Bertz CT molecular complexity index is 922. The van der Waals surface area contributed by atoms with Crippen molar-refractivity contribution >= 4 is 11.5 Å². The highest BCUT2D eigenvalue weighted by Crippen LogP contribution is 2.11. The van der Waals surface area contributed by atoms with E-state index < -0.39 is 4.92 Å². The average molecular weight is 298 g/mol. The second-order valence-corrected chi connectivity index (χ2v) is 5.23. The molecule has 0 aliphatic rings. The van der Waals surface area contributed by atoms with E-state index in [1.54, 1.807) is 17.7 Å². The summed E-state index contributed by atoms with van der Waals surface area (Å²) in [6.45, 7) is 4.19. The highest BCUT2D eigenvalue weighted by atomic mass is 16.6. The first-order chi connectivity index (χ1) is 10.5. The van der Waals surface area contributed by atoms with Gasteiger partial charge in [-0.05, 0) is 29.3 Å². The Kier molecular flexibility index (Phi) is 3.25. The molecular weight excluding hydrogens is 284 g/mol. The molecule has 0 saturated carbocycles. The lowest BCUT2D eigenvalue weighted by Crippen LogP contribution is -2.25. The minimum atomic E-state index is -0.605. The molecule has 112 valence electrons. The molecule has 0 atom stereocenters. The van der Waals surface area contributed by atoms with Gasteiger partial charge in [0.25, 0.3) is 0 Å². The van der Waals surface area contributed by atoms with Gasteiger partial charge in [-0.2, -0.15) is 0 Å². The number of hydrogen-bond acceptors (Lipinski definition) is 4. The fourth-order valence-electron chi connectivity index (χ4n) is 2.35. The van der Waals surface area contributed by atoms with Crippen molar-refractivity contribution in [3.8, 4) is 0 Å². The summed E-state index contributed by atoms with van der Waals surface area (Å²) < 4.78 is 2.97. The van der Waals surface area contributed by atoms with Crippen LogP contribution in [0.5, 0.6) is 0 Å². The molecule has 0 spiro atoms. The molecule has 1 aromatic carbocycles. The minimum Gasteiger partial charge on any atom is -0.358 e. The standard InChI is InChI=1S/C15H14N4O3/c1-10-3-5-12(6-4-10)8-18-11(2)7-17-9-13(19(21)22)16-14(17)15(18)20/h3-7,9H,8H2,1-2H3. The molecule has 0 amide bonds. The number of rotatable bonds is 3. The van der Waals surface area contributed by atoms with E-state index in [0.29, 0.717) is 12.2 Å². The van der Waals surface area contributed by atoms with Gasteiger partial charge < -0.3 is 14.7 Å². The van der Waals surface area contributed by atoms with Crippen LogP contribution in [0, 0.1) is 24.0 Å². The van der Waals surface area contributed by atoms with Crippen molar-refractivity contribution in [1.29, 1.82) is 0 Å². The van der Waals surface area contributed by atoms with E-state index in [2.05, 4.69) is 4.98 Å². The maximum Gasteiger partial charge on any atom is 0.382 e. The summed E-state index contributed by atoms with van der Waals surface area (Å²) in [4.78, 5) is 26.5. The van der Waals surface area contributed by atoms with Crippen molar-refractivity contribution in [2.24, 2.45) is 0 Å². The lowest BCUT2D eigenvalue weighted by atomic mass is 10.1. The van der Waals surface area contributed by atoms with Crippen LogP contribution in [0.25, 0.3) is 5.65 Å². The van der Waals surface area contributed by atoms with Gasteiger partial charge >= 0.3 is 17.0 Å². The molecule has 0 fully saturated rings. The highest BCUT2D eigenvalue weighted by molar-refractivity contribution is 5.42. The molecule has 0 aliphatic carbocycles. The monoisotopic (exact) mass is 298 g/mol. The topological polar surface area (TPSA) is 82.4 Å². The van der Waals surface area contributed by atoms with Crippen LogP contribution >= 0.6 is 0 Å². The van der Waals surface area contributed by atoms with Crippen LogP contribution in [-0.4, -0.2) is 18.9 Å². The van der Waals surface area contributed by atoms with E-state index in [0.717, 1.165) is 11.1 Å². The van der Waals surface area contributed by atoms with E-state index in [9.17, 15) is 14.9 Å². The number of fused-ring (bicyclic) bond motifs is 1. The van der Waals surface area contributed by atoms with Crippen molar-refractivity contribution < 1.29 is 4.92 Å². The van der Waals surface area contributed by atoms with Gasteiger partial charge in [-0.25, -0.2) is 0 Å². The van der Waals surface area contributed by atoms with Gasteiger partial charge in [0, 0.05) is 11.9 Å². The smallest absolute Gasteiger partial charge is 0.358 e. The van der Waals surface area contributed by atoms with Crippen molar-refractivity contribution in [2.45, 2.75) is 20.4 Å². The summed E-state index contributed by atoms with van der Waals surface area (Å²) in [5, 5.41) is 10.8. The summed E-state index contributed by atoms with van der Waals surface area (Å²) in [6.07, 6.45) is 2.92. The van der Waals surface area contributed by atoms with Crippen LogP contribution in [0.15, 0.2) is 41.5 Å². The van der Waals surface area contributed by atoms with Gasteiger partial charge in [0.15, 0.2) is 0 Å². The Hall–Kier alpha value is -2.96. The minimum absolute atomic E-state index is 0.0596. The number of nitro groups is 1. The van der Waals surface area contributed by atoms with Crippen LogP contribution in [0.2, 0.25) is 0 Å². The fourth-order valence-corrected chi connectivity index (χ4v) is 2.35. The first-order valence-corrected chi connectivity index (χ1v) is 6.75. The molecule has 3 aromatic rings. The quantitative estimate of drug-likeness (QED) is 0.547. The number of benzene rings is 1. The SMILES string of the molecule is Cc1ccc(Cn2c(C)cn3cc([N+](=O)[O-])nc3c2=O)cc1. The number of imidazole rings is 1. The lowest BCUT2D eigenvalue weighted by Gasteiger charge is -2.09. The molecule has 7 heteroatoms. The average Bonchev–Trinajstić information content (AvgIpc) is 2.90. The van der Waals surface area contributed by atoms with E-state index in [4.69, 9.17) is 0 Å². The largest absolute Gasteiger partial charge is 0.382 e. The molecule has 0 bridgehead atoms. The van der Waals surface area contributed by atoms with Gasteiger partial charge in [0.2, 0.25) is 0 Å². The Morgan fingerprint density at radius 3 is 2.50 bits per heavy atom. The highest BCUT2D eigenvalue weighted by Gasteiger charge is 2.18. The Balaban J connectivity index is 2.11. The van der Waals surface area contributed by atoms with E-state index in [1.807, 2.05) is 31.2 Å². The van der Waals surface area contributed by atoms with Crippen LogP contribution in [0.1, 0.15) is 16.8 Å². The van der Waals surface area contributed by atoms with Gasteiger partial charge in [-0.15, -0.1) is 0 Å². The lowest BCUT2D eigenvalue weighted by molar-refractivity contribution is -0.389. The summed E-state index contributed by atoms with van der Waals surface area (Å²) in [5.74, 6) is -0.329. The molecule has 0 radical (unpaired) electrons. The maximum absolute atomic E-state index is 12.5. The summed E-state index contributed by atoms with van der Waals surface area (Å²) in [6, 6.07) is 7.88. The fraction of sp³-hybridized carbons (Fsp3) is 0.200. The molecule has 3 rings (SSSR count). The first kappa shape index (κ1) is 14.0. The number of nitrogens with zero attached hydrogens (tertiary/aromatic N) is 4. The summed E-state index contributed by atoms with van der Waals surface area (Å²) in [7, 11) is 0. The molecule has 0 unspecified atom stereocenters. The third-order valence-corrected chi connectivity index (χ3v) is 3.56. The number of hydrogen-bond donors (Lipinski definition) is 0. The zero-order valence-corrected chi connectivity index (χ0v) is 12.2.